The second kappa shape index (κ2) is 32.3. The minimum Gasteiger partial charge on any atom is -0.477 e. The molecule has 36 atom stereocenters. The van der Waals surface area contributed by atoms with Crippen molar-refractivity contribution >= 4 is 23.7 Å². The van der Waals surface area contributed by atoms with Crippen molar-refractivity contribution in [1.82, 2.24) is 16.0 Å². The molecule has 92 heavy (non-hydrogen) atoms. The second-order valence-electron chi connectivity index (χ2n) is 23.2. The van der Waals surface area contributed by atoms with E-state index in [-0.39, 0.29) is 0 Å². The lowest BCUT2D eigenvalue weighted by Crippen LogP contribution is -2.71. The van der Waals surface area contributed by atoms with Crippen molar-refractivity contribution in [3.63, 3.8) is 0 Å². The van der Waals surface area contributed by atoms with E-state index in [1.807, 2.05) is 0 Å². The summed E-state index contributed by atoms with van der Waals surface area (Å²) >= 11 is 0. The summed E-state index contributed by atoms with van der Waals surface area (Å²) in [5.74, 6) is -8.28. The predicted octanol–water partition coefficient (Wildman–Crippen LogP) is -15.6. The van der Waals surface area contributed by atoms with Crippen LogP contribution >= 0.6 is 0 Å². The molecule has 0 aromatic carbocycles. The molecule has 7 aliphatic heterocycles. The first-order valence-electron chi connectivity index (χ1n) is 29.1. The Balaban J connectivity index is 1.24. The van der Waals surface area contributed by atoms with Gasteiger partial charge in [0.1, 0.15) is 165 Å². The third kappa shape index (κ3) is 16.4. The van der Waals surface area contributed by atoms with Gasteiger partial charge in [0.2, 0.25) is 17.7 Å². The molecular formula is C51H85N3O38. The zero-order chi connectivity index (χ0) is 68.3. The Kier molecular flexibility index (Phi) is 26.6. The molecule has 0 saturated carbocycles. The fourth-order valence-electron chi connectivity index (χ4n) is 11.7. The van der Waals surface area contributed by atoms with Crippen LogP contribution in [-0.2, 0) is 80.8 Å². The lowest BCUT2D eigenvalue weighted by Gasteiger charge is -2.52. The zero-order valence-electron chi connectivity index (χ0n) is 49.5. The van der Waals surface area contributed by atoms with Crippen LogP contribution in [0.2, 0.25) is 0 Å². The molecule has 0 unspecified atom stereocenters. The number of aliphatic hydroxyl groups is 20. The van der Waals surface area contributed by atoms with Crippen LogP contribution < -0.4 is 16.0 Å². The average Bonchev–Trinajstić information content (AvgIpc) is 0.763. The van der Waals surface area contributed by atoms with E-state index in [4.69, 9.17) is 61.6 Å². The second-order valence-corrected chi connectivity index (χ2v) is 23.2. The van der Waals surface area contributed by atoms with Gasteiger partial charge in [0.05, 0.1) is 51.8 Å². The van der Waals surface area contributed by atoms with Crippen molar-refractivity contribution in [3.8, 4) is 0 Å². The van der Waals surface area contributed by atoms with E-state index in [0.29, 0.717) is 0 Å². The van der Waals surface area contributed by atoms with Gasteiger partial charge in [-0.1, -0.05) is 0 Å². The Morgan fingerprint density at radius 3 is 1.47 bits per heavy atom. The molecule has 0 aromatic rings. The maximum absolute atomic E-state index is 13.4. The zero-order valence-corrected chi connectivity index (χ0v) is 49.5. The number of rotatable bonds is 24. The smallest absolute Gasteiger partial charge is 0.364 e. The summed E-state index contributed by atoms with van der Waals surface area (Å²) in [4.78, 5) is 51.8. The Hall–Kier alpha value is -3.44. The number of hydrogen-bond acceptors (Lipinski definition) is 37. The van der Waals surface area contributed by atoms with Crippen LogP contribution in [0.25, 0.3) is 0 Å². The number of ether oxygens (including phenoxy) is 13. The van der Waals surface area contributed by atoms with Crippen molar-refractivity contribution in [2.75, 3.05) is 39.6 Å². The van der Waals surface area contributed by atoms with E-state index in [9.17, 15) is 126 Å². The Morgan fingerprint density at radius 2 is 0.924 bits per heavy atom. The predicted molar refractivity (Wildman–Crippen MR) is 282 cm³/mol. The van der Waals surface area contributed by atoms with Crippen LogP contribution in [0.1, 0.15) is 34.1 Å². The molecule has 41 heteroatoms. The quantitative estimate of drug-likeness (QED) is 0.0427. The molecule has 7 aliphatic rings. The lowest BCUT2D eigenvalue weighted by molar-refractivity contribution is -0.404. The van der Waals surface area contributed by atoms with Crippen molar-refractivity contribution in [3.05, 3.63) is 0 Å². The van der Waals surface area contributed by atoms with E-state index in [1.165, 1.54) is 6.92 Å². The Bertz CT molecular complexity index is 2400. The molecule has 7 fully saturated rings. The monoisotopic (exact) mass is 1350 g/mol. The fourth-order valence-corrected chi connectivity index (χ4v) is 11.7. The number of carbonyl (C=O) groups excluding carboxylic acids is 3. The van der Waals surface area contributed by atoms with E-state index in [0.717, 1.165) is 20.8 Å². The van der Waals surface area contributed by atoms with Crippen LogP contribution in [0.5, 0.6) is 0 Å². The molecule has 7 heterocycles. The third-order valence-electron chi connectivity index (χ3n) is 16.7. The maximum atomic E-state index is 13.4. The van der Waals surface area contributed by atoms with Crippen molar-refractivity contribution < 1.29 is 188 Å². The van der Waals surface area contributed by atoms with E-state index < -0.39 is 290 Å². The van der Waals surface area contributed by atoms with Crippen LogP contribution in [-0.4, -0.2) is 391 Å². The van der Waals surface area contributed by atoms with Crippen molar-refractivity contribution in [1.29, 1.82) is 0 Å². The minimum atomic E-state index is -3.40. The van der Waals surface area contributed by atoms with Crippen molar-refractivity contribution in [2.45, 2.75) is 254 Å². The highest BCUT2D eigenvalue weighted by molar-refractivity contribution is 5.76. The maximum Gasteiger partial charge on any atom is 0.364 e. The first-order chi connectivity index (χ1) is 43.3. The van der Waals surface area contributed by atoms with E-state index >= 15 is 0 Å². The van der Waals surface area contributed by atoms with Gasteiger partial charge in [0, 0.05) is 27.2 Å². The van der Waals surface area contributed by atoms with Gasteiger partial charge in [-0.25, -0.2) is 4.79 Å². The summed E-state index contributed by atoms with van der Waals surface area (Å²) in [6.45, 7) is -2.42. The summed E-state index contributed by atoms with van der Waals surface area (Å²) in [5.41, 5.74) is 0. The number of aliphatic hydroxyl groups excluding tert-OH is 20. The first-order valence-corrected chi connectivity index (χ1v) is 29.1. The number of hydrogen-bond donors (Lipinski definition) is 24. The third-order valence-corrected chi connectivity index (χ3v) is 16.7. The molecule has 7 saturated heterocycles. The van der Waals surface area contributed by atoms with Gasteiger partial charge in [0.25, 0.3) is 5.79 Å². The molecule has 3 amide bonds. The standard InChI is InChI=1S/C51H85N3O38/c1-12-26(65)33(72)35(74)47(81-12)87-38-20(9-58)85-45(25(54-15(4)62)41(38)90-46-23(52-13(2)60)32(71)29(68)18(7-56)83-46)80-11-22-31(70)40(24(44(77)82-22)53-14(3)61)89-49-37(76)43(39(21(10-59)86-49)88-48-36(75)34(73)30(69)19(8-57)84-48)92-51(50(78)79)5-16(63)27(66)42(91-51)28(67)17(64)6-55/h12,16-49,55-59,63-77H,5-11H2,1-4H3,(H,52,60)(H,53,61)(H,54,62)(H,78,79)/t12-,16-,17+,18+,19+,20+,21+,22+,23+,24+,25+,26+,27+,28+,29+,30-,31-,32+,33+,34-,35-,36+,37+,38+,39-,40+,41+,42+,43+,44+,45+,46-,47-,48-,49-,51-/m0/s1. The number of amides is 3. The molecule has 24 N–H and O–H groups in total. The number of carbonyl (C=O) groups is 4. The van der Waals surface area contributed by atoms with Crippen LogP contribution in [0.15, 0.2) is 0 Å². The topological polar surface area (TPSA) is 649 Å². The highest BCUT2D eigenvalue weighted by Gasteiger charge is 2.62. The molecule has 532 valence electrons. The molecule has 0 aliphatic carbocycles. The normalized spacial score (nSPS) is 47.6. The number of nitrogens with one attached hydrogen (secondary N) is 3. The highest BCUT2D eigenvalue weighted by atomic mass is 16.8. The van der Waals surface area contributed by atoms with E-state index in [2.05, 4.69) is 16.0 Å². The fraction of sp³-hybridized carbons (Fsp3) is 0.922. The molecule has 0 radical (unpaired) electrons. The van der Waals surface area contributed by atoms with Gasteiger partial charge in [-0.15, -0.1) is 0 Å². The largest absolute Gasteiger partial charge is 0.477 e. The van der Waals surface area contributed by atoms with E-state index in [1.54, 1.807) is 0 Å². The van der Waals surface area contributed by atoms with Gasteiger partial charge >= 0.3 is 5.97 Å². The first kappa shape index (κ1) is 75.9. The molecule has 0 bridgehead atoms. The summed E-state index contributed by atoms with van der Waals surface area (Å²) in [7, 11) is 0. The van der Waals surface area contributed by atoms with Crippen LogP contribution in [0.3, 0.4) is 0 Å². The van der Waals surface area contributed by atoms with Gasteiger partial charge in [-0.05, 0) is 6.92 Å². The molecule has 0 aromatic heterocycles. The number of carboxylic acids is 1. The SMILES string of the molecule is CC(=O)N[C@@H]1[C@@H](O[C@@H]2O[C@H](CO)[C@H](O[C@@H]3O[C@H](CO)[C@H](O)[C@H](O)[C@H]3O)[C@H](O[C@]3(C(=O)O)C[C@H](O)[C@@H](O)[C@H]([C@H](O)[C@H](O)CO)O3)[C@H]2O)[C@@H](O)[C@@H](CO[C@@H]2O[C@H](CO)[C@@H](O[C@@H]3O[C@@H](C)[C@@H](O)[C@@H](O)[C@@H]3O)[C@H](O[C@@H]3O[C@H](CO)[C@@H](O)[C@H](O)[C@H]3NC(C)=O)[C@H]2NC(C)=O)O[C@H]1O. The van der Waals surface area contributed by atoms with Crippen LogP contribution in [0, 0.1) is 0 Å². The van der Waals surface area contributed by atoms with Crippen molar-refractivity contribution in [2.24, 2.45) is 0 Å². The summed E-state index contributed by atoms with van der Waals surface area (Å²) < 4.78 is 76.7. The molecule has 0 spiro atoms. The highest BCUT2D eigenvalue weighted by Crippen LogP contribution is 2.41. The van der Waals surface area contributed by atoms with Gasteiger partial charge in [0.15, 0.2) is 37.7 Å². The molecule has 7 rings (SSSR count). The number of aliphatic carboxylic acids is 1. The Labute approximate surface area is 520 Å². The van der Waals surface area contributed by atoms with Gasteiger partial charge < -0.3 is 185 Å². The average molecular weight is 1350 g/mol. The Morgan fingerprint density at radius 1 is 0.467 bits per heavy atom. The van der Waals surface area contributed by atoms with Gasteiger partial charge in [-0.3, -0.25) is 14.4 Å². The van der Waals surface area contributed by atoms with Crippen LogP contribution in [0.4, 0.5) is 0 Å². The lowest BCUT2D eigenvalue weighted by atomic mass is 9.90. The summed E-state index contributed by atoms with van der Waals surface area (Å²) in [5, 5.41) is 235. The summed E-state index contributed by atoms with van der Waals surface area (Å²) in [6.07, 6.45) is -67.4. The number of carboxylic acid groups (broad SMARTS) is 1. The minimum absolute atomic E-state index is 0.823. The molecular weight excluding hydrogens is 1260 g/mol. The van der Waals surface area contributed by atoms with Gasteiger partial charge in [-0.2, -0.15) is 0 Å². The molecule has 41 nitrogen and oxygen atoms in total. The summed E-state index contributed by atoms with van der Waals surface area (Å²) in [6, 6.07) is -5.47.